The van der Waals surface area contributed by atoms with Crippen molar-refractivity contribution in [3.05, 3.63) is 18.2 Å². The molecule has 0 spiro atoms. The van der Waals surface area contributed by atoms with Gasteiger partial charge in [0.15, 0.2) is 0 Å². The first kappa shape index (κ1) is 12.5. The molecule has 0 radical (unpaired) electrons. The van der Waals surface area contributed by atoms with Gasteiger partial charge in [0, 0.05) is 12.1 Å². The predicted octanol–water partition coefficient (Wildman–Crippen LogP) is 0.864. The van der Waals surface area contributed by atoms with Crippen LogP contribution >= 0.6 is 0 Å². The molecule has 0 aliphatic rings. The van der Waals surface area contributed by atoms with E-state index in [1.807, 2.05) is 0 Å². The molecule has 0 atom stereocenters. The van der Waals surface area contributed by atoms with Crippen molar-refractivity contribution in [3.63, 3.8) is 0 Å². The van der Waals surface area contributed by atoms with Crippen molar-refractivity contribution in [2.45, 2.75) is 18.2 Å². The SMILES string of the molecule is CCC(=O)Nc1ccc(N)c(S(=O)(=O)O)c1. The Morgan fingerprint density at radius 3 is 2.62 bits per heavy atom. The highest BCUT2D eigenvalue weighted by atomic mass is 32.2. The van der Waals surface area contributed by atoms with Gasteiger partial charge < -0.3 is 11.1 Å². The lowest BCUT2D eigenvalue weighted by Gasteiger charge is -2.07. The smallest absolute Gasteiger partial charge is 0.296 e. The summed E-state index contributed by atoms with van der Waals surface area (Å²) in [4.78, 5) is 10.7. The van der Waals surface area contributed by atoms with Crippen molar-refractivity contribution in [1.29, 1.82) is 0 Å². The van der Waals surface area contributed by atoms with Crippen LogP contribution < -0.4 is 11.1 Å². The van der Waals surface area contributed by atoms with Crippen LogP contribution in [0.1, 0.15) is 13.3 Å². The van der Waals surface area contributed by atoms with Crippen LogP contribution in [-0.2, 0) is 14.9 Å². The summed E-state index contributed by atoms with van der Waals surface area (Å²) in [6.45, 7) is 1.66. The third-order valence-corrected chi connectivity index (χ3v) is 2.81. The molecule has 0 saturated carbocycles. The number of carbonyl (C=O) groups is 1. The van der Waals surface area contributed by atoms with Gasteiger partial charge in [-0.15, -0.1) is 0 Å². The van der Waals surface area contributed by atoms with Crippen LogP contribution in [0.25, 0.3) is 0 Å². The largest absolute Gasteiger partial charge is 0.398 e. The molecule has 1 rings (SSSR count). The summed E-state index contributed by atoms with van der Waals surface area (Å²) in [6, 6.07) is 3.87. The summed E-state index contributed by atoms with van der Waals surface area (Å²) in [6.07, 6.45) is 0.269. The summed E-state index contributed by atoms with van der Waals surface area (Å²) < 4.78 is 30.7. The van der Waals surface area contributed by atoms with Gasteiger partial charge in [-0.1, -0.05) is 6.92 Å². The fraction of sp³-hybridized carbons (Fsp3) is 0.222. The Morgan fingerprint density at radius 2 is 2.12 bits per heavy atom. The van der Waals surface area contributed by atoms with E-state index in [1.165, 1.54) is 12.1 Å². The second-order valence-electron chi connectivity index (χ2n) is 3.13. The number of hydrogen-bond acceptors (Lipinski definition) is 4. The number of hydrogen-bond donors (Lipinski definition) is 3. The minimum atomic E-state index is -4.37. The molecule has 0 heterocycles. The lowest BCUT2D eigenvalue weighted by atomic mass is 10.3. The van der Waals surface area contributed by atoms with Crippen molar-refractivity contribution in [2.24, 2.45) is 0 Å². The summed E-state index contributed by atoms with van der Waals surface area (Å²) in [5.74, 6) is -0.258. The zero-order valence-corrected chi connectivity index (χ0v) is 9.41. The molecule has 7 heteroatoms. The molecule has 16 heavy (non-hydrogen) atoms. The number of rotatable bonds is 3. The maximum absolute atomic E-state index is 11.1. The molecule has 0 aliphatic carbocycles. The van der Waals surface area contributed by atoms with Gasteiger partial charge in [0.2, 0.25) is 5.91 Å². The van der Waals surface area contributed by atoms with Crippen molar-refractivity contribution < 1.29 is 17.8 Å². The Bertz CT molecular complexity index is 510. The monoisotopic (exact) mass is 244 g/mol. The fourth-order valence-corrected chi connectivity index (χ4v) is 1.73. The van der Waals surface area contributed by atoms with Crippen molar-refractivity contribution >= 4 is 27.4 Å². The Hall–Kier alpha value is -1.60. The highest BCUT2D eigenvalue weighted by Crippen LogP contribution is 2.22. The van der Waals surface area contributed by atoms with Crippen molar-refractivity contribution in [3.8, 4) is 0 Å². The van der Waals surface area contributed by atoms with Crippen LogP contribution in [0.4, 0.5) is 11.4 Å². The van der Waals surface area contributed by atoms with Gasteiger partial charge in [-0.05, 0) is 18.2 Å². The second kappa shape index (κ2) is 4.50. The first-order valence-corrected chi connectivity index (χ1v) is 5.95. The molecule has 1 aromatic rings. The normalized spacial score (nSPS) is 11.1. The second-order valence-corrected chi connectivity index (χ2v) is 4.52. The average molecular weight is 244 g/mol. The van der Waals surface area contributed by atoms with E-state index in [2.05, 4.69) is 5.32 Å². The summed E-state index contributed by atoms with van der Waals surface area (Å²) in [7, 11) is -4.37. The molecule has 6 nitrogen and oxygen atoms in total. The van der Waals surface area contributed by atoms with Gasteiger partial charge in [-0.3, -0.25) is 9.35 Å². The Morgan fingerprint density at radius 1 is 1.50 bits per heavy atom. The first-order chi connectivity index (χ1) is 7.34. The van der Waals surface area contributed by atoms with Crippen LogP contribution in [0.2, 0.25) is 0 Å². The Labute approximate surface area is 93.2 Å². The lowest BCUT2D eigenvalue weighted by Crippen LogP contribution is -2.11. The maximum atomic E-state index is 11.1. The summed E-state index contributed by atoms with van der Waals surface area (Å²) >= 11 is 0. The van der Waals surface area contributed by atoms with Crippen LogP contribution in [0.15, 0.2) is 23.1 Å². The Kier molecular flexibility index (Phi) is 3.51. The highest BCUT2D eigenvalue weighted by molar-refractivity contribution is 7.86. The summed E-state index contributed by atoms with van der Waals surface area (Å²) in [5, 5.41) is 2.46. The maximum Gasteiger partial charge on any atom is 0.296 e. The van der Waals surface area contributed by atoms with Gasteiger partial charge in [0.05, 0.1) is 5.69 Å². The van der Waals surface area contributed by atoms with E-state index in [9.17, 15) is 13.2 Å². The molecule has 4 N–H and O–H groups in total. The molecule has 0 bridgehead atoms. The first-order valence-electron chi connectivity index (χ1n) is 4.51. The Balaban J connectivity index is 3.13. The van der Waals surface area contributed by atoms with Crippen LogP contribution in [0.3, 0.4) is 0 Å². The molecule has 88 valence electrons. The van der Waals surface area contributed by atoms with E-state index in [4.69, 9.17) is 10.3 Å². The van der Waals surface area contributed by atoms with E-state index < -0.39 is 15.0 Å². The molecule has 1 aromatic carbocycles. The molecule has 0 aliphatic heterocycles. The standard InChI is InChI=1S/C9H12N2O4S/c1-2-9(12)11-6-3-4-7(10)8(5-6)16(13,14)15/h3-5H,2,10H2,1H3,(H,11,12)(H,13,14,15). The molecule has 0 fully saturated rings. The highest BCUT2D eigenvalue weighted by Gasteiger charge is 2.14. The van der Waals surface area contributed by atoms with E-state index in [-0.39, 0.29) is 23.7 Å². The minimum absolute atomic E-state index is 0.0722. The number of amides is 1. The van der Waals surface area contributed by atoms with Gasteiger partial charge in [0.1, 0.15) is 4.90 Å². The number of nitrogens with two attached hydrogens (primary N) is 1. The molecular weight excluding hydrogens is 232 g/mol. The zero-order valence-electron chi connectivity index (χ0n) is 8.60. The van der Waals surface area contributed by atoms with E-state index in [0.717, 1.165) is 6.07 Å². The van der Waals surface area contributed by atoms with Crippen molar-refractivity contribution in [1.82, 2.24) is 0 Å². The molecule has 0 unspecified atom stereocenters. The van der Waals surface area contributed by atoms with Crippen molar-refractivity contribution in [2.75, 3.05) is 11.1 Å². The molecule has 1 amide bonds. The lowest BCUT2D eigenvalue weighted by molar-refractivity contribution is -0.115. The van der Waals surface area contributed by atoms with Crippen LogP contribution in [0.5, 0.6) is 0 Å². The number of nitrogens with one attached hydrogen (secondary N) is 1. The average Bonchev–Trinajstić information content (AvgIpc) is 2.19. The third kappa shape index (κ3) is 2.94. The fourth-order valence-electron chi connectivity index (χ4n) is 1.08. The number of benzene rings is 1. The number of anilines is 2. The van der Waals surface area contributed by atoms with E-state index >= 15 is 0 Å². The van der Waals surface area contributed by atoms with E-state index in [0.29, 0.717) is 0 Å². The third-order valence-electron chi connectivity index (χ3n) is 1.90. The van der Waals surface area contributed by atoms with Gasteiger partial charge in [-0.2, -0.15) is 8.42 Å². The quantitative estimate of drug-likeness (QED) is 0.539. The number of nitrogen functional groups attached to an aromatic ring is 1. The zero-order chi connectivity index (χ0) is 12.3. The molecule has 0 saturated heterocycles. The number of carbonyl (C=O) groups excluding carboxylic acids is 1. The van der Waals surface area contributed by atoms with Crippen LogP contribution in [0, 0.1) is 0 Å². The van der Waals surface area contributed by atoms with Gasteiger partial charge in [0.25, 0.3) is 10.1 Å². The molecule has 0 aromatic heterocycles. The van der Waals surface area contributed by atoms with Crippen LogP contribution in [-0.4, -0.2) is 18.9 Å². The van der Waals surface area contributed by atoms with Gasteiger partial charge >= 0.3 is 0 Å². The summed E-state index contributed by atoms with van der Waals surface area (Å²) in [5.41, 5.74) is 5.59. The van der Waals surface area contributed by atoms with Gasteiger partial charge in [-0.25, -0.2) is 0 Å². The van der Waals surface area contributed by atoms with E-state index in [1.54, 1.807) is 6.92 Å². The topological polar surface area (TPSA) is 109 Å². The molecular formula is C9H12N2O4S. The minimum Gasteiger partial charge on any atom is -0.398 e. The predicted molar refractivity (Wildman–Crippen MR) is 59.6 cm³/mol.